The highest BCUT2D eigenvalue weighted by Gasteiger charge is 2.28. The Labute approximate surface area is 384 Å². The molecule has 6 nitrogen and oxygen atoms in total. The van der Waals surface area contributed by atoms with Gasteiger partial charge in [0.25, 0.3) is 0 Å². The molecular formula is C58H68N2O4. The molecule has 0 aliphatic carbocycles. The second-order valence-electron chi connectivity index (χ2n) is 17.2. The van der Waals surface area contributed by atoms with E-state index in [2.05, 4.69) is 156 Å². The molecule has 0 saturated heterocycles. The van der Waals surface area contributed by atoms with Crippen molar-refractivity contribution < 1.29 is 19.0 Å². The molecule has 0 aliphatic heterocycles. The first-order chi connectivity index (χ1) is 30.9. The molecule has 1 unspecified atom stereocenters. The van der Waals surface area contributed by atoms with E-state index in [0.717, 1.165) is 77.7 Å². The van der Waals surface area contributed by atoms with Crippen LogP contribution in [0.3, 0.4) is 0 Å². The first kappa shape index (κ1) is 48.7. The predicted octanol–water partition coefficient (Wildman–Crippen LogP) is 15.6. The summed E-state index contributed by atoms with van der Waals surface area (Å²) in [6.45, 7) is 20.2. The average molecular weight is 857 g/mol. The number of nitrogens with zero attached hydrogens (tertiary/aromatic N) is 2. The molecular weight excluding hydrogens is 789 g/mol. The second-order valence-corrected chi connectivity index (χ2v) is 17.2. The molecule has 0 radical (unpaired) electrons. The van der Waals surface area contributed by atoms with Crippen LogP contribution in [-0.4, -0.2) is 24.6 Å². The molecule has 5 aromatic rings. The van der Waals surface area contributed by atoms with Crippen molar-refractivity contribution in [1.29, 1.82) is 0 Å². The van der Waals surface area contributed by atoms with Gasteiger partial charge in [-0.3, -0.25) is 4.79 Å². The molecule has 64 heavy (non-hydrogen) atoms. The van der Waals surface area contributed by atoms with Crippen molar-refractivity contribution in [2.24, 2.45) is 5.41 Å². The number of carbonyl (C=O) groups is 1. The van der Waals surface area contributed by atoms with Gasteiger partial charge < -0.3 is 24.0 Å². The van der Waals surface area contributed by atoms with E-state index in [1.54, 1.807) is 0 Å². The minimum atomic E-state index is -0.293. The first-order valence-corrected chi connectivity index (χ1v) is 22.9. The molecule has 1 atom stereocenters. The molecule has 0 N–H and O–H groups in total. The van der Waals surface area contributed by atoms with Gasteiger partial charge in [0.05, 0.1) is 11.5 Å². The molecule has 6 heteroatoms. The number of carbonyl (C=O) groups excluding carboxylic acids is 1. The van der Waals surface area contributed by atoms with Crippen molar-refractivity contribution in [3.8, 4) is 23.8 Å². The number of para-hydroxylation sites is 2. The number of hydrogen-bond acceptors (Lipinski definition) is 6. The molecule has 0 aliphatic rings. The number of ether oxygens (including phenoxy) is 3. The van der Waals surface area contributed by atoms with Crippen LogP contribution >= 0.6 is 0 Å². The number of terminal acetylenes is 1. The lowest BCUT2D eigenvalue weighted by molar-refractivity contribution is -0.128. The van der Waals surface area contributed by atoms with Gasteiger partial charge >= 0.3 is 0 Å². The zero-order valence-corrected chi connectivity index (χ0v) is 39.2. The Morgan fingerprint density at radius 3 is 1.89 bits per heavy atom. The third-order valence-corrected chi connectivity index (χ3v) is 12.1. The van der Waals surface area contributed by atoms with Crippen molar-refractivity contribution in [2.45, 2.75) is 105 Å². The highest BCUT2D eigenvalue weighted by molar-refractivity contribution is 5.84. The lowest BCUT2D eigenvalue weighted by Gasteiger charge is -2.29. The summed E-state index contributed by atoms with van der Waals surface area (Å²) in [5.74, 6) is 5.41. The van der Waals surface area contributed by atoms with Crippen LogP contribution in [0.1, 0.15) is 105 Å². The molecule has 334 valence electrons. The number of allylic oxidation sites excluding steroid dienone is 4. The van der Waals surface area contributed by atoms with E-state index in [-0.39, 0.29) is 16.9 Å². The van der Waals surface area contributed by atoms with Gasteiger partial charge in [0.15, 0.2) is 0 Å². The monoisotopic (exact) mass is 857 g/mol. The fourth-order valence-electron chi connectivity index (χ4n) is 7.34. The third kappa shape index (κ3) is 13.9. The van der Waals surface area contributed by atoms with E-state index < -0.39 is 0 Å². The van der Waals surface area contributed by atoms with Crippen molar-refractivity contribution >= 4 is 34.2 Å². The lowest BCUT2D eigenvalue weighted by atomic mass is 9.79. The Hall–Kier alpha value is -6.29. The topological polar surface area (TPSA) is 51.2 Å². The largest absolute Gasteiger partial charge is 0.488 e. The van der Waals surface area contributed by atoms with Crippen LogP contribution in [0.4, 0.5) is 28.4 Å². The third-order valence-electron chi connectivity index (χ3n) is 12.1. The number of benzene rings is 5. The van der Waals surface area contributed by atoms with Gasteiger partial charge in [-0.1, -0.05) is 114 Å². The summed E-state index contributed by atoms with van der Waals surface area (Å²) in [7, 11) is 0. The summed E-state index contributed by atoms with van der Waals surface area (Å²) in [6, 6.07) is 45.6. The maximum atomic E-state index is 12.6. The van der Waals surface area contributed by atoms with E-state index in [4.69, 9.17) is 20.6 Å². The van der Waals surface area contributed by atoms with Gasteiger partial charge in [0.2, 0.25) is 0 Å². The summed E-state index contributed by atoms with van der Waals surface area (Å²) in [6.07, 6.45) is 17.5. The molecule has 0 heterocycles. The molecule has 0 bridgehead atoms. The van der Waals surface area contributed by atoms with Crippen LogP contribution in [0.5, 0.6) is 11.5 Å². The number of hydrogen-bond donors (Lipinski definition) is 0. The normalized spacial score (nSPS) is 12.4. The van der Waals surface area contributed by atoms with Gasteiger partial charge in [0.1, 0.15) is 22.9 Å². The van der Waals surface area contributed by atoms with E-state index in [1.165, 1.54) is 5.56 Å². The molecule has 0 saturated carbocycles. The van der Waals surface area contributed by atoms with Crippen molar-refractivity contribution in [3.63, 3.8) is 0 Å². The van der Waals surface area contributed by atoms with Crippen LogP contribution in [-0.2, 0) is 9.53 Å². The van der Waals surface area contributed by atoms with Crippen LogP contribution in [0.2, 0.25) is 0 Å². The maximum Gasteiger partial charge on any atom is 0.138 e. The van der Waals surface area contributed by atoms with E-state index >= 15 is 0 Å². The van der Waals surface area contributed by atoms with Gasteiger partial charge in [-0.15, -0.1) is 6.42 Å². The zero-order chi connectivity index (χ0) is 46.0. The summed E-state index contributed by atoms with van der Waals surface area (Å²) in [5.41, 5.74) is 6.48. The van der Waals surface area contributed by atoms with Gasteiger partial charge in [-0.2, -0.15) is 0 Å². The van der Waals surface area contributed by atoms with E-state index in [1.807, 2.05) is 66.7 Å². The minimum Gasteiger partial charge on any atom is -0.488 e. The fourth-order valence-corrected chi connectivity index (χ4v) is 7.34. The Bertz CT molecular complexity index is 2340. The summed E-state index contributed by atoms with van der Waals surface area (Å²) in [5, 5.41) is 0. The quantitative estimate of drug-likeness (QED) is 0.0252. The van der Waals surface area contributed by atoms with Crippen LogP contribution in [0, 0.1) is 17.8 Å². The predicted molar refractivity (Wildman–Crippen MR) is 268 cm³/mol. The average Bonchev–Trinajstić information content (AvgIpc) is 3.31. The number of anilines is 5. The molecule has 0 fully saturated rings. The summed E-state index contributed by atoms with van der Waals surface area (Å²) in [4.78, 5) is 17.0. The standard InChI is InChI=1S/C58H68N2O4/c1-10-24-48(59(49-26-16-14-17-27-49)53-31-21-33-55(44-53)64-57(7,8)11-2)38-35-45(5)47-36-39-51(40-37-47)60(50-28-18-15-19-29-50)52-30-20-32-54(43-52)63-46(6)25-22-41-62-42-23-34-56(61)58(9,12-3)13-4/h1,14-21,24,26-33,35-40,43-45H,6,11-13,22-23,25,34,41-42H2,2-5,7-9H3/b38-35-,48-24+. The fraction of sp³-hybridized carbons (Fsp3) is 0.328. The van der Waals surface area contributed by atoms with E-state index in [0.29, 0.717) is 37.6 Å². The van der Waals surface area contributed by atoms with Crippen molar-refractivity contribution in [1.82, 2.24) is 0 Å². The molecule has 0 aromatic heterocycles. The summed E-state index contributed by atoms with van der Waals surface area (Å²) < 4.78 is 18.5. The highest BCUT2D eigenvalue weighted by atomic mass is 16.5. The SMILES string of the molecule is C#C/C=C(\C=C/C(C)c1ccc(N(c2ccccc2)c2cccc(OC(=C)CCCOCCCC(=O)C(C)(CC)CC)c2)cc1)N(c1ccccc1)c1cccc(OC(C)(C)CC)c1. The molecule has 0 amide bonds. The van der Waals surface area contributed by atoms with Gasteiger partial charge in [-0.05, 0) is 124 Å². The zero-order valence-electron chi connectivity index (χ0n) is 39.2. The smallest absolute Gasteiger partial charge is 0.138 e. The van der Waals surface area contributed by atoms with Gasteiger partial charge in [0, 0.05) is 78.1 Å². The Morgan fingerprint density at radius 1 is 0.703 bits per heavy atom. The number of ketones is 1. The molecule has 0 spiro atoms. The number of Topliss-reactive ketones (excluding diaryl/α,β-unsaturated/α-hetero) is 1. The second kappa shape index (κ2) is 24.0. The number of rotatable bonds is 25. The molecule has 5 aromatic carbocycles. The lowest BCUT2D eigenvalue weighted by Crippen LogP contribution is -2.26. The maximum absolute atomic E-state index is 12.6. The first-order valence-electron chi connectivity index (χ1n) is 22.9. The minimum absolute atomic E-state index is 0.0818. The summed E-state index contributed by atoms with van der Waals surface area (Å²) >= 11 is 0. The van der Waals surface area contributed by atoms with Crippen LogP contribution < -0.4 is 19.3 Å². The van der Waals surface area contributed by atoms with Crippen molar-refractivity contribution in [2.75, 3.05) is 23.0 Å². The highest BCUT2D eigenvalue weighted by Crippen LogP contribution is 2.38. The Kier molecular flexibility index (Phi) is 18.2. The molecule has 5 rings (SSSR count). The van der Waals surface area contributed by atoms with Crippen LogP contribution in [0.25, 0.3) is 0 Å². The van der Waals surface area contributed by atoms with Gasteiger partial charge in [-0.25, -0.2) is 0 Å². The Balaban J connectivity index is 1.27. The van der Waals surface area contributed by atoms with Crippen LogP contribution in [0.15, 0.2) is 170 Å². The van der Waals surface area contributed by atoms with E-state index in [9.17, 15) is 4.79 Å². The van der Waals surface area contributed by atoms with Crippen molar-refractivity contribution in [3.05, 3.63) is 175 Å². The Morgan fingerprint density at radius 2 is 1.27 bits per heavy atom.